The fourth-order valence-electron chi connectivity index (χ4n) is 4.68. The van der Waals surface area contributed by atoms with Gasteiger partial charge in [0.2, 0.25) is 5.28 Å². The molecule has 0 spiro atoms. The first-order valence-corrected chi connectivity index (χ1v) is 15.8. The number of benzene rings is 1. The zero-order chi connectivity index (χ0) is 30.7. The highest BCUT2D eigenvalue weighted by Gasteiger charge is 2.55. The highest BCUT2D eigenvalue weighted by atomic mass is 35.5. The van der Waals surface area contributed by atoms with Gasteiger partial charge in [0, 0.05) is 25.0 Å². The van der Waals surface area contributed by atoms with Crippen molar-refractivity contribution in [2.45, 2.75) is 71.3 Å². The topological polar surface area (TPSA) is 153 Å². The van der Waals surface area contributed by atoms with E-state index in [1.165, 1.54) is 24.5 Å². The minimum atomic E-state index is -3.56. The molecule has 15 heteroatoms. The summed E-state index contributed by atoms with van der Waals surface area (Å²) < 4.78 is 47.6. The van der Waals surface area contributed by atoms with E-state index in [1.807, 2.05) is 36.4 Å². The molecule has 226 valence electrons. The zero-order valence-corrected chi connectivity index (χ0v) is 25.6. The second kappa shape index (κ2) is 13.0. The maximum Gasteiger partial charge on any atom is 0.323 e. The van der Waals surface area contributed by atoms with Crippen LogP contribution in [0, 0.1) is 16.7 Å². The van der Waals surface area contributed by atoms with Gasteiger partial charge in [-0.1, -0.05) is 37.3 Å². The summed E-state index contributed by atoms with van der Waals surface area (Å²) in [4.78, 5) is 25.1. The molecule has 2 aromatic heterocycles. The van der Waals surface area contributed by atoms with Crippen molar-refractivity contribution in [3.8, 4) is 6.07 Å². The summed E-state index contributed by atoms with van der Waals surface area (Å²) in [5.41, 5.74) is 0.271. The van der Waals surface area contributed by atoms with Gasteiger partial charge in [-0.25, -0.2) is 14.5 Å². The van der Waals surface area contributed by atoms with Crippen molar-refractivity contribution < 1.29 is 27.7 Å². The fourth-order valence-corrected chi connectivity index (χ4v) is 6.15. The Hall–Kier alpha value is -3.14. The Morgan fingerprint density at radius 2 is 2.02 bits per heavy atom. The van der Waals surface area contributed by atoms with Crippen LogP contribution in [-0.4, -0.2) is 63.2 Å². The average Bonchev–Trinajstić information content (AvgIpc) is 3.44. The normalized spacial score (nSPS) is 24.3. The number of hydrogen-bond donors (Lipinski definition) is 2. The zero-order valence-electron chi connectivity index (χ0n) is 24.0. The number of alkyl halides is 1. The molecule has 42 heavy (non-hydrogen) atoms. The molecule has 6 atom stereocenters. The predicted octanol–water partition coefficient (Wildman–Crippen LogP) is 5.02. The van der Waals surface area contributed by atoms with E-state index in [2.05, 4.69) is 25.4 Å². The van der Waals surface area contributed by atoms with Crippen LogP contribution in [0.3, 0.4) is 0 Å². The minimum Gasteiger partial charge on any atom is -0.462 e. The first kappa shape index (κ1) is 31.8. The number of imidazole rings is 1. The molecular weight excluding hydrogens is 588 g/mol. The number of fused-ring (bicyclic) bond motifs is 1. The van der Waals surface area contributed by atoms with Gasteiger partial charge < -0.3 is 19.3 Å². The van der Waals surface area contributed by atoms with Crippen molar-refractivity contribution in [2.75, 3.05) is 18.6 Å². The van der Waals surface area contributed by atoms with Gasteiger partial charge in [-0.2, -0.15) is 15.2 Å². The van der Waals surface area contributed by atoms with Crippen LogP contribution in [0.5, 0.6) is 0 Å². The van der Waals surface area contributed by atoms with Crippen LogP contribution in [0.1, 0.15) is 45.9 Å². The third-order valence-corrected chi connectivity index (χ3v) is 8.62. The third kappa shape index (κ3) is 7.07. The molecule has 12 nitrogen and oxygen atoms in total. The summed E-state index contributed by atoms with van der Waals surface area (Å²) in [5.74, 6) is -0.222. The van der Waals surface area contributed by atoms with Crippen LogP contribution in [0.2, 0.25) is 5.28 Å². The van der Waals surface area contributed by atoms with E-state index >= 15 is 4.39 Å². The first-order valence-electron chi connectivity index (χ1n) is 13.4. The molecule has 0 saturated carbocycles. The number of anilines is 1. The Morgan fingerprint density at radius 1 is 1.31 bits per heavy atom. The summed E-state index contributed by atoms with van der Waals surface area (Å²) >= 11 is 6.23. The maximum atomic E-state index is 16.2. The first-order chi connectivity index (χ1) is 19.8. The summed E-state index contributed by atoms with van der Waals surface area (Å²) in [6.07, 6.45) is -3.07. The summed E-state index contributed by atoms with van der Waals surface area (Å²) in [7, 11) is -3.56. The van der Waals surface area contributed by atoms with Gasteiger partial charge in [0.1, 0.15) is 6.04 Å². The second-order valence-corrected chi connectivity index (χ2v) is 13.3. The Kier molecular flexibility index (Phi) is 9.85. The standard InChI is InChI=1S/C27H34ClFN7O5P/c1-16(2)40-25(37)17(3)35-42(5,38)39-14-19-27(4,11-12-30)21(29)24(41-19)36-15-32-20-22(33-26(28)34-23(20)36)31-13-18-9-7-6-8-10-18/h6-10,15-17,19,21,24H,11,13-14H2,1-5H3,(H,35,38)(H,31,33,34)/t17-,19+,21?,24+,27-,42?/m0/s1. The number of hydrogen-bond acceptors (Lipinski definition) is 10. The van der Waals surface area contributed by atoms with E-state index < -0.39 is 43.4 Å². The molecule has 0 bridgehead atoms. The van der Waals surface area contributed by atoms with E-state index in [-0.39, 0.29) is 30.1 Å². The van der Waals surface area contributed by atoms with Crippen molar-refractivity contribution >= 4 is 42.1 Å². The lowest BCUT2D eigenvalue weighted by Crippen LogP contribution is -2.39. The van der Waals surface area contributed by atoms with E-state index in [0.717, 1.165) is 5.56 Å². The Bertz CT molecular complexity index is 1500. The van der Waals surface area contributed by atoms with Gasteiger partial charge in [0.25, 0.3) is 7.52 Å². The molecule has 3 aromatic rings. The fraction of sp³-hybridized carbons (Fsp3) is 0.519. The SMILES string of the molecule is CC(C)OC(=O)[C@H](C)NP(C)(=O)OC[C@H]1O[C@@H](n2cnc3c(NCc4ccccc4)nc(Cl)nc32)C(F)[C@@]1(C)CC#N. The summed E-state index contributed by atoms with van der Waals surface area (Å²) in [6, 6.07) is 10.8. The molecule has 1 aliphatic heterocycles. The number of nitriles is 1. The number of esters is 1. The predicted molar refractivity (Wildman–Crippen MR) is 155 cm³/mol. The molecule has 0 amide bonds. The lowest BCUT2D eigenvalue weighted by atomic mass is 9.79. The largest absolute Gasteiger partial charge is 0.462 e. The van der Waals surface area contributed by atoms with Gasteiger partial charge in [0.15, 0.2) is 29.4 Å². The molecule has 3 heterocycles. The molecular formula is C27H34ClFN7O5P. The molecule has 1 fully saturated rings. The molecule has 1 aliphatic rings. The second-order valence-electron chi connectivity index (χ2n) is 10.7. The van der Waals surface area contributed by atoms with Crippen molar-refractivity contribution in [1.82, 2.24) is 24.6 Å². The number of carbonyl (C=O) groups is 1. The molecule has 2 unspecified atom stereocenters. The monoisotopic (exact) mass is 621 g/mol. The van der Waals surface area contributed by atoms with Crippen molar-refractivity contribution in [3.63, 3.8) is 0 Å². The number of halogens is 2. The van der Waals surface area contributed by atoms with Crippen molar-refractivity contribution in [3.05, 3.63) is 47.5 Å². The Labute approximate surface area is 248 Å². The molecule has 1 saturated heterocycles. The third-order valence-electron chi connectivity index (χ3n) is 6.96. The number of carbonyl (C=O) groups excluding carboxylic acids is 1. The molecule has 1 aromatic carbocycles. The highest BCUT2D eigenvalue weighted by molar-refractivity contribution is 7.56. The Morgan fingerprint density at radius 3 is 2.69 bits per heavy atom. The lowest BCUT2D eigenvalue weighted by molar-refractivity contribution is -0.149. The van der Waals surface area contributed by atoms with Gasteiger partial charge in [0.05, 0.1) is 31.2 Å². The number of ether oxygens (including phenoxy) is 2. The number of rotatable bonds is 12. The van der Waals surface area contributed by atoms with Crippen LogP contribution in [0.15, 0.2) is 36.7 Å². The molecule has 4 rings (SSSR count). The van der Waals surface area contributed by atoms with Crippen LogP contribution in [-0.2, 0) is 29.9 Å². The van der Waals surface area contributed by atoms with Gasteiger partial charge in [-0.3, -0.25) is 13.9 Å². The van der Waals surface area contributed by atoms with E-state index in [4.69, 9.17) is 25.6 Å². The molecule has 0 radical (unpaired) electrons. The van der Waals surface area contributed by atoms with Gasteiger partial charge >= 0.3 is 5.97 Å². The highest BCUT2D eigenvalue weighted by Crippen LogP contribution is 2.50. The number of aromatic nitrogens is 4. The summed E-state index contributed by atoms with van der Waals surface area (Å²) in [6.45, 7) is 7.92. The quantitative estimate of drug-likeness (QED) is 0.159. The number of nitrogens with zero attached hydrogens (tertiary/aromatic N) is 5. The smallest absolute Gasteiger partial charge is 0.323 e. The number of nitrogens with one attached hydrogen (secondary N) is 2. The van der Waals surface area contributed by atoms with Crippen molar-refractivity contribution in [1.29, 1.82) is 5.26 Å². The average molecular weight is 622 g/mol. The van der Waals surface area contributed by atoms with Crippen molar-refractivity contribution in [2.24, 2.45) is 5.41 Å². The van der Waals surface area contributed by atoms with Gasteiger partial charge in [-0.15, -0.1) is 0 Å². The molecule has 0 aliphatic carbocycles. The lowest BCUT2D eigenvalue weighted by Gasteiger charge is -2.29. The Balaban J connectivity index is 1.54. The van der Waals surface area contributed by atoms with Crippen LogP contribution < -0.4 is 10.4 Å². The van der Waals surface area contributed by atoms with E-state index in [0.29, 0.717) is 17.9 Å². The summed E-state index contributed by atoms with van der Waals surface area (Å²) in [5, 5.41) is 15.3. The van der Waals surface area contributed by atoms with Crippen LogP contribution in [0.25, 0.3) is 11.2 Å². The van der Waals surface area contributed by atoms with Crippen LogP contribution in [0.4, 0.5) is 10.2 Å². The van der Waals surface area contributed by atoms with Crippen LogP contribution >= 0.6 is 19.1 Å². The molecule has 2 N–H and O–H groups in total. The van der Waals surface area contributed by atoms with E-state index in [9.17, 15) is 14.6 Å². The van der Waals surface area contributed by atoms with E-state index in [1.54, 1.807) is 20.8 Å². The van der Waals surface area contributed by atoms with Gasteiger partial charge in [-0.05, 0) is 37.9 Å². The minimum absolute atomic E-state index is 0.0732. The maximum absolute atomic E-state index is 16.2.